The first-order valence-corrected chi connectivity index (χ1v) is 21.5. The highest BCUT2D eigenvalue weighted by Crippen LogP contribution is 2.36. The van der Waals surface area contributed by atoms with Crippen LogP contribution < -0.4 is 0 Å². The van der Waals surface area contributed by atoms with E-state index in [-0.39, 0.29) is 31.7 Å². The lowest BCUT2D eigenvalue weighted by Crippen LogP contribution is -2.29. The van der Waals surface area contributed by atoms with Crippen LogP contribution in [0.2, 0.25) is 0 Å². The van der Waals surface area contributed by atoms with Crippen LogP contribution in [-0.4, -0.2) is 53.3 Å². The summed E-state index contributed by atoms with van der Waals surface area (Å²) in [6.07, 6.45) is 47.6. The number of hydrogen-bond acceptors (Lipinski definition) is 7. The number of unbranched alkanes of at least 4 members (excludes halogenated alkanes) is 8. The molecule has 0 radical (unpaired) electrons. The first-order chi connectivity index (χ1) is 25.7. The van der Waals surface area contributed by atoms with Gasteiger partial charge in [0.2, 0.25) is 0 Å². The molecule has 10 heteroatoms. The summed E-state index contributed by atoms with van der Waals surface area (Å²) < 4.78 is 32.0. The smallest absolute Gasteiger partial charge is 0.462 e. The molecule has 9 nitrogen and oxygen atoms in total. The number of hydrogen-bond donors (Lipinski definition) is 2. The summed E-state index contributed by atoms with van der Waals surface area (Å²) in [7, 11) is -4.79. The van der Waals surface area contributed by atoms with Crippen LogP contribution in [0.4, 0.5) is 0 Å². The van der Waals surface area contributed by atoms with Gasteiger partial charge >= 0.3 is 19.8 Å². The van der Waals surface area contributed by atoms with E-state index in [9.17, 15) is 14.2 Å². The summed E-state index contributed by atoms with van der Waals surface area (Å²) in [5.74, 6) is -1.03. The summed E-state index contributed by atoms with van der Waals surface area (Å²) in [6.45, 7) is 3.50. The Morgan fingerprint density at radius 3 is 1.49 bits per heavy atom. The molecule has 0 bridgehead atoms. The van der Waals surface area contributed by atoms with E-state index in [4.69, 9.17) is 24.0 Å². The third-order valence-electron chi connectivity index (χ3n) is 8.29. The standard InChI is InChI=1S/C43H69O9P/c1-3-5-7-9-11-13-14-15-16-17-18-19-20-22-24-26-31-35-42(44)49-37-39(38-50-53(46,47)48)51-43(45)36-32-28-27-30-34-41-40(52-41)33-29-25-23-21-12-10-8-6-4-2/h11-13,15-16,18-19,21-22,24-25,27,29-30,39-41H,3-10,14,17,20,23,26,28,31-38H2,1-2H3,(H2,46,47,48)/b13-11-,16-15-,19-18-,21-12-,24-22-,29-25-,30-27-/t39-,40?,41?/m1/s1. The third-order valence-corrected chi connectivity index (χ3v) is 8.77. The zero-order chi connectivity index (χ0) is 38.7. The van der Waals surface area contributed by atoms with Crippen molar-refractivity contribution in [1.29, 1.82) is 0 Å². The largest absolute Gasteiger partial charge is 0.469 e. The van der Waals surface area contributed by atoms with Gasteiger partial charge in [-0.3, -0.25) is 14.1 Å². The number of phosphoric acid groups is 1. The average Bonchev–Trinajstić information content (AvgIpc) is 3.88. The SMILES string of the molecule is CCCCC/C=C\C/C=C\C/C=C\C/C=C\CCCC(=O)OC[C@H](COP(=O)(O)O)OC(=O)CCC/C=C\CC1OC1C/C=C\C/C=C\CCCCC. The van der Waals surface area contributed by atoms with E-state index in [0.29, 0.717) is 25.7 Å². The predicted molar refractivity (Wildman–Crippen MR) is 215 cm³/mol. The van der Waals surface area contributed by atoms with Crippen molar-refractivity contribution in [2.75, 3.05) is 13.2 Å². The zero-order valence-electron chi connectivity index (χ0n) is 32.6. The van der Waals surface area contributed by atoms with Crippen LogP contribution in [0.1, 0.15) is 142 Å². The highest BCUT2D eigenvalue weighted by molar-refractivity contribution is 7.46. The molecule has 2 N–H and O–H groups in total. The fourth-order valence-electron chi connectivity index (χ4n) is 5.16. The van der Waals surface area contributed by atoms with E-state index in [2.05, 4.69) is 91.3 Å². The Balaban J connectivity index is 2.19. The maximum atomic E-state index is 12.4. The van der Waals surface area contributed by atoms with E-state index in [1.807, 2.05) is 12.2 Å². The van der Waals surface area contributed by atoms with Crippen molar-refractivity contribution < 1.29 is 42.7 Å². The summed E-state index contributed by atoms with van der Waals surface area (Å²) >= 11 is 0. The molecule has 300 valence electrons. The second kappa shape index (κ2) is 33.7. The van der Waals surface area contributed by atoms with Crippen LogP contribution in [0.3, 0.4) is 0 Å². The topological polar surface area (TPSA) is 132 Å². The Hall–Kier alpha value is -2.81. The molecule has 1 saturated heterocycles. The molecule has 0 aromatic heterocycles. The molecular formula is C43H69O9P. The van der Waals surface area contributed by atoms with Gasteiger partial charge in [0.15, 0.2) is 6.10 Å². The van der Waals surface area contributed by atoms with Gasteiger partial charge in [-0.25, -0.2) is 4.57 Å². The molecule has 1 fully saturated rings. The van der Waals surface area contributed by atoms with Crippen molar-refractivity contribution in [3.8, 4) is 0 Å². The molecule has 1 aliphatic heterocycles. The van der Waals surface area contributed by atoms with Gasteiger partial charge in [-0.2, -0.15) is 0 Å². The molecule has 0 aromatic carbocycles. The van der Waals surface area contributed by atoms with Crippen LogP contribution in [0.15, 0.2) is 85.1 Å². The Morgan fingerprint density at radius 1 is 0.585 bits per heavy atom. The van der Waals surface area contributed by atoms with Crippen LogP contribution in [-0.2, 0) is 32.9 Å². The first-order valence-electron chi connectivity index (χ1n) is 20.0. The Morgan fingerprint density at radius 2 is 1.00 bits per heavy atom. The van der Waals surface area contributed by atoms with Crippen LogP contribution in [0.25, 0.3) is 0 Å². The predicted octanol–water partition coefficient (Wildman–Crippen LogP) is 11.1. The van der Waals surface area contributed by atoms with Gasteiger partial charge in [0, 0.05) is 12.8 Å². The van der Waals surface area contributed by atoms with Gasteiger partial charge in [0.05, 0.1) is 18.8 Å². The van der Waals surface area contributed by atoms with Crippen LogP contribution in [0.5, 0.6) is 0 Å². The summed E-state index contributed by atoms with van der Waals surface area (Å²) in [6, 6.07) is 0. The van der Waals surface area contributed by atoms with E-state index in [0.717, 1.165) is 51.4 Å². The van der Waals surface area contributed by atoms with Crippen molar-refractivity contribution in [3.05, 3.63) is 85.1 Å². The number of allylic oxidation sites excluding steroid dienone is 12. The lowest BCUT2D eigenvalue weighted by atomic mass is 10.1. The number of phosphoric ester groups is 1. The first kappa shape index (κ1) is 48.2. The highest BCUT2D eigenvalue weighted by Gasteiger charge is 2.36. The Kier molecular flexibility index (Phi) is 30.7. The molecule has 1 aliphatic rings. The minimum atomic E-state index is -4.79. The van der Waals surface area contributed by atoms with Gasteiger partial charge in [-0.15, -0.1) is 0 Å². The molecule has 1 heterocycles. The second-order valence-corrected chi connectivity index (χ2v) is 14.5. The average molecular weight is 761 g/mol. The summed E-state index contributed by atoms with van der Waals surface area (Å²) in [5, 5.41) is 0. The molecule has 53 heavy (non-hydrogen) atoms. The van der Waals surface area contributed by atoms with E-state index < -0.39 is 32.5 Å². The minimum Gasteiger partial charge on any atom is -0.462 e. The van der Waals surface area contributed by atoms with Crippen molar-refractivity contribution in [2.45, 2.75) is 161 Å². The van der Waals surface area contributed by atoms with Crippen molar-refractivity contribution in [2.24, 2.45) is 0 Å². The number of esters is 2. The minimum absolute atomic E-state index is 0.111. The molecule has 1 rings (SSSR count). The normalized spacial score (nSPS) is 17.2. The number of ether oxygens (including phenoxy) is 3. The van der Waals surface area contributed by atoms with Gasteiger partial charge in [-0.1, -0.05) is 125 Å². The number of epoxide rings is 1. The van der Waals surface area contributed by atoms with Crippen molar-refractivity contribution in [3.63, 3.8) is 0 Å². The highest BCUT2D eigenvalue weighted by atomic mass is 31.2. The molecular weight excluding hydrogens is 691 g/mol. The maximum absolute atomic E-state index is 12.4. The summed E-state index contributed by atoms with van der Waals surface area (Å²) in [4.78, 5) is 42.8. The monoisotopic (exact) mass is 760 g/mol. The Bertz CT molecular complexity index is 1190. The van der Waals surface area contributed by atoms with Crippen molar-refractivity contribution in [1.82, 2.24) is 0 Å². The number of rotatable bonds is 34. The van der Waals surface area contributed by atoms with Crippen LogP contribution >= 0.6 is 7.82 Å². The number of carbonyl (C=O) groups excluding carboxylic acids is 2. The molecule has 2 unspecified atom stereocenters. The zero-order valence-corrected chi connectivity index (χ0v) is 33.5. The van der Waals surface area contributed by atoms with E-state index in [1.54, 1.807) is 0 Å². The quantitative estimate of drug-likeness (QED) is 0.0216. The fraction of sp³-hybridized carbons (Fsp3) is 0.628. The number of carbonyl (C=O) groups is 2. The molecule has 0 aromatic rings. The molecule has 0 aliphatic carbocycles. The molecule has 0 amide bonds. The van der Waals surface area contributed by atoms with E-state index >= 15 is 0 Å². The molecule has 0 saturated carbocycles. The lowest BCUT2D eigenvalue weighted by Gasteiger charge is -2.18. The van der Waals surface area contributed by atoms with Gasteiger partial charge in [0.1, 0.15) is 6.61 Å². The third kappa shape index (κ3) is 33.5. The lowest BCUT2D eigenvalue weighted by molar-refractivity contribution is -0.161. The van der Waals surface area contributed by atoms with Gasteiger partial charge in [-0.05, 0) is 89.9 Å². The molecule has 0 spiro atoms. The van der Waals surface area contributed by atoms with Crippen molar-refractivity contribution >= 4 is 19.8 Å². The molecule has 3 atom stereocenters. The van der Waals surface area contributed by atoms with Gasteiger partial charge in [0.25, 0.3) is 0 Å². The van der Waals surface area contributed by atoms with Crippen LogP contribution in [0, 0.1) is 0 Å². The fourth-order valence-corrected chi connectivity index (χ4v) is 5.52. The van der Waals surface area contributed by atoms with E-state index in [1.165, 1.54) is 38.5 Å². The van der Waals surface area contributed by atoms with Gasteiger partial charge < -0.3 is 24.0 Å². The maximum Gasteiger partial charge on any atom is 0.469 e. The Labute approximate surface area is 320 Å². The second-order valence-electron chi connectivity index (χ2n) is 13.3. The summed E-state index contributed by atoms with van der Waals surface area (Å²) in [5.41, 5.74) is 0.